The van der Waals surface area contributed by atoms with Crippen LogP contribution >= 0.6 is 11.6 Å². The molecule has 5 rings (SSSR count). The maximum absolute atomic E-state index is 5.99. The first-order valence-electron chi connectivity index (χ1n) is 9.35. The molecule has 30 heavy (non-hydrogen) atoms. The SMILES string of the molecule is Cn1nc(-c2ccccc2)c(=NNc2ccc(Cl)cc2)c2n[n+]3ccccc3nc21. The minimum atomic E-state index is 0.606. The van der Waals surface area contributed by atoms with Gasteiger partial charge in [0.25, 0.3) is 5.65 Å². The highest BCUT2D eigenvalue weighted by molar-refractivity contribution is 6.30. The number of hydrogen-bond acceptors (Lipinski definition) is 5. The lowest BCUT2D eigenvalue weighted by Crippen LogP contribution is -2.31. The predicted molar refractivity (Wildman–Crippen MR) is 116 cm³/mol. The molecule has 0 aliphatic carbocycles. The first kappa shape index (κ1) is 18.2. The number of aryl methyl sites for hydroxylation is 1. The summed E-state index contributed by atoms with van der Waals surface area (Å²) < 4.78 is 3.47. The zero-order valence-electron chi connectivity index (χ0n) is 16.1. The van der Waals surface area contributed by atoms with Crippen molar-refractivity contribution in [3.63, 3.8) is 0 Å². The quantitative estimate of drug-likeness (QED) is 0.279. The van der Waals surface area contributed by atoms with Crippen molar-refractivity contribution in [3.8, 4) is 11.3 Å². The number of anilines is 1. The van der Waals surface area contributed by atoms with Crippen LogP contribution in [0.3, 0.4) is 0 Å². The molecule has 1 N–H and O–H groups in total. The molecule has 0 radical (unpaired) electrons. The van der Waals surface area contributed by atoms with Gasteiger partial charge in [0.2, 0.25) is 5.52 Å². The number of aromatic nitrogens is 5. The molecule has 0 spiro atoms. The Balaban J connectivity index is 1.81. The van der Waals surface area contributed by atoms with Crippen LogP contribution in [0.2, 0.25) is 5.02 Å². The minimum Gasteiger partial charge on any atom is -0.278 e. The number of nitrogens with one attached hydrogen (secondary N) is 1. The number of halogens is 1. The molecule has 0 saturated heterocycles. The van der Waals surface area contributed by atoms with Gasteiger partial charge in [-0.05, 0) is 35.3 Å². The van der Waals surface area contributed by atoms with Gasteiger partial charge in [-0.1, -0.05) is 53.1 Å². The lowest BCUT2D eigenvalue weighted by molar-refractivity contribution is -0.580. The fraction of sp³-hybridized carbons (Fsp3) is 0.0455. The number of benzene rings is 2. The summed E-state index contributed by atoms with van der Waals surface area (Å²) in [5.41, 5.74) is 7.55. The zero-order chi connectivity index (χ0) is 20.5. The topological polar surface area (TPSA) is 72.1 Å². The first-order valence-corrected chi connectivity index (χ1v) is 9.73. The molecule has 3 aromatic heterocycles. The van der Waals surface area contributed by atoms with Gasteiger partial charge in [-0.2, -0.15) is 10.2 Å². The third-order valence-electron chi connectivity index (χ3n) is 4.65. The molecule has 3 heterocycles. The van der Waals surface area contributed by atoms with Crippen LogP contribution in [0.1, 0.15) is 0 Å². The van der Waals surface area contributed by atoms with Crippen LogP contribution < -0.4 is 15.3 Å². The van der Waals surface area contributed by atoms with Crippen molar-refractivity contribution in [2.45, 2.75) is 0 Å². The van der Waals surface area contributed by atoms with Gasteiger partial charge in [-0.15, -0.1) is 4.52 Å². The summed E-state index contributed by atoms with van der Waals surface area (Å²) in [5.74, 6) is 0. The lowest BCUT2D eigenvalue weighted by Gasteiger charge is -2.07. The molecule has 146 valence electrons. The molecule has 0 amide bonds. The summed E-state index contributed by atoms with van der Waals surface area (Å²) in [6, 6.07) is 23.0. The Kier molecular flexibility index (Phi) is 4.57. The standard InChI is InChI=1S/C22H17ClN7/c1-29-22-21(28-30-14-6-5-9-18(30)24-22)20(19(27-29)15-7-3-2-4-8-15)26-25-17-12-10-16(23)11-13-17/h2-14,25H,1H3/q+1. The van der Waals surface area contributed by atoms with Crippen LogP contribution in [0.4, 0.5) is 5.69 Å². The highest BCUT2D eigenvalue weighted by Crippen LogP contribution is 2.16. The van der Waals surface area contributed by atoms with E-state index in [0.717, 1.165) is 16.9 Å². The Hall–Kier alpha value is -3.84. The van der Waals surface area contributed by atoms with Crippen molar-refractivity contribution in [2.75, 3.05) is 5.43 Å². The molecule has 0 bridgehead atoms. The van der Waals surface area contributed by atoms with Crippen molar-refractivity contribution in [1.82, 2.24) is 19.9 Å². The molecule has 2 aromatic carbocycles. The molecule has 5 aromatic rings. The van der Waals surface area contributed by atoms with Gasteiger partial charge in [-0.25, -0.2) is 4.68 Å². The fourth-order valence-electron chi connectivity index (χ4n) is 3.19. The monoisotopic (exact) mass is 414 g/mol. The van der Waals surface area contributed by atoms with E-state index in [9.17, 15) is 0 Å². The van der Waals surface area contributed by atoms with Gasteiger partial charge in [0.05, 0.1) is 5.69 Å². The second-order valence-corrected chi connectivity index (χ2v) is 7.14. The van der Waals surface area contributed by atoms with Crippen molar-refractivity contribution in [1.29, 1.82) is 0 Å². The fourth-order valence-corrected chi connectivity index (χ4v) is 3.32. The molecule has 7 nitrogen and oxygen atoms in total. The largest absolute Gasteiger partial charge is 0.350 e. The molecule has 8 heteroatoms. The summed E-state index contributed by atoms with van der Waals surface area (Å²) in [4.78, 5) is 4.73. The van der Waals surface area contributed by atoms with Crippen molar-refractivity contribution in [3.05, 3.63) is 89.4 Å². The van der Waals surface area contributed by atoms with E-state index in [1.807, 2.05) is 86.0 Å². The van der Waals surface area contributed by atoms with E-state index in [1.165, 1.54) is 0 Å². The van der Waals surface area contributed by atoms with E-state index in [1.54, 1.807) is 9.20 Å². The Morgan fingerprint density at radius 3 is 2.53 bits per heavy atom. The first-order chi connectivity index (χ1) is 14.7. The van der Waals surface area contributed by atoms with E-state index in [0.29, 0.717) is 27.2 Å². The van der Waals surface area contributed by atoms with Crippen LogP contribution in [0.15, 0.2) is 84.1 Å². The smallest absolute Gasteiger partial charge is 0.278 e. The van der Waals surface area contributed by atoms with Crippen LogP contribution in [-0.4, -0.2) is 19.9 Å². The molecule has 0 saturated carbocycles. The van der Waals surface area contributed by atoms with Crippen LogP contribution in [0, 0.1) is 0 Å². The van der Waals surface area contributed by atoms with Crippen LogP contribution in [0.25, 0.3) is 28.1 Å². The van der Waals surface area contributed by atoms with E-state index in [-0.39, 0.29) is 0 Å². The van der Waals surface area contributed by atoms with Gasteiger partial charge in [0.1, 0.15) is 17.2 Å². The average molecular weight is 415 g/mol. The molecule has 0 aliphatic rings. The van der Waals surface area contributed by atoms with Crippen molar-refractivity contribution in [2.24, 2.45) is 12.1 Å². The number of rotatable bonds is 3. The maximum atomic E-state index is 5.99. The molecule has 0 fully saturated rings. The van der Waals surface area contributed by atoms with E-state index < -0.39 is 0 Å². The van der Waals surface area contributed by atoms with E-state index in [2.05, 4.69) is 10.5 Å². The van der Waals surface area contributed by atoms with Crippen LogP contribution in [-0.2, 0) is 7.05 Å². The number of nitrogens with zero attached hydrogens (tertiary/aromatic N) is 6. The van der Waals surface area contributed by atoms with Crippen molar-refractivity contribution < 1.29 is 4.52 Å². The second-order valence-electron chi connectivity index (χ2n) is 6.70. The molecule has 0 atom stereocenters. The molecular weight excluding hydrogens is 398 g/mol. The van der Waals surface area contributed by atoms with Crippen LogP contribution in [0.5, 0.6) is 0 Å². The Morgan fingerprint density at radius 1 is 0.967 bits per heavy atom. The normalized spacial score (nSPS) is 11.9. The van der Waals surface area contributed by atoms with Gasteiger partial charge >= 0.3 is 5.65 Å². The molecular formula is C22H17ClN7+. The Morgan fingerprint density at radius 2 is 1.73 bits per heavy atom. The predicted octanol–water partition coefficient (Wildman–Crippen LogP) is 3.35. The number of pyridine rings is 1. The number of hydrogen-bond donors (Lipinski definition) is 1. The van der Waals surface area contributed by atoms with Gasteiger partial charge in [-0.3, -0.25) is 5.43 Å². The summed E-state index contributed by atoms with van der Waals surface area (Å²) in [6.45, 7) is 0. The third kappa shape index (κ3) is 3.35. The highest BCUT2D eigenvalue weighted by Gasteiger charge is 2.18. The highest BCUT2D eigenvalue weighted by atomic mass is 35.5. The average Bonchev–Trinajstić information content (AvgIpc) is 2.79. The Bertz CT molecular complexity index is 1430. The second kappa shape index (κ2) is 7.53. The minimum absolute atomic E-state index is 0.606. The zero-order valence-corrected chi connectivity index (χ0v) is 16.8. The summed E-state index contributed by atoms with van der Waals surface area (Å²) in [7, 11) is 1.86. The van der Waals surface area contributed by atoms with Gasteiger partial charge in [0.15, 0.2) is 0 Å². The van der Waals surface area contributed by atoms with Gasteiger partial charge in [0, 0.05) is 23.7 Å². The van der Waals surface area contributed by atoms with E-state index >= 15 is 0 Å². The van der Waals surface area contributed by atoms with Crippen molar-refractivity contribution >= 4 is 34.1 Å². The number of fused-ring (bicyclic) bond motifs is 2. The lowest BCUT2D eigenvalue weighted by atomic mass is 10.1. The van der Waals surface area contributed by atoms with E-state index in [4.69, 9.17) is 26.8 Å². The third-order valence-corrected chi connectivity index (χ3v) is 4.90. The van der Waals surface area contributed by atoms with Gasteiger partial charge < -0.3 is 0 Å². The molecule has 0 aliphatic heterocycles. The summed E-state index contributed by atoms with van der Waals surface area (Å²) in [6.07, 6.45) is 1.86. The Labute approximate surface area is 176 Å². The summed E-state index contributed by atoms with van der Waals surface area (Å²) >= 11 is 5.99. The molecule has 0 unspecified atom stereocenters. The summed E-state index contributed by atoms with van der Waals surface area (Å²) in [5, 5.41) is 15.5. The maximum Gasteiger partial charge on any atom is 0.350 e.